The Morgan fingerprint density at radius 1 is 1.37 bits per heavy atom. The fourth-order valence-electron chi connectivity index (χ4n) is 2.00. The predicted molar refractivity (Wildman–Crippen MR) is 77.4 cm³/mol. The molecule has 0 unspecified atom stereocenters. The van der Waals surface area contributed by atoms with Crippen molar-refractivity contribution in [1.29, 1.82) is 0 Å². The molecule has 0 saturated carbocycles. The Morgan fingerprint density at radius 3 is 2.53 bits per heavy atom. The van der Waals surface area contributed by atoms with E-state index in [0.717, 1.165) is 16.8 Å². The van der Waals surface area contributed by atoms with Gasteiger partial charge in [-0.1, -0.05) is 24.3 Å². The smallest absolute Gasteiger partial charge is 0.357 e. The summed E-state index contributed by atoms with van der Waals surface area (Å²) in [5.41, 5.74) is 2.93. The van der Waals surface area contributed by atoms with E-state index in [2.05, 4.69) is 21.0 Å². The fraction of sp³-hybridized carbons (Fsp3) is 0.286. The first-order chi connectivity index (χ1) is 8.93. The summed E-state index contributed by atoms with van der Waals surface area (Å²) in [4.78, 5) is 11.2. The van der Waals surface area contributed by atoms with E-state index in [9.17, 15) is 9.90 Å². The molecule has 1 N–H and O–H groups in total. The van der Waals surface area contributed by atoms with Crippen LogP contribution in [0.15, 0.2) is 28.7 Å². The van der Waals surface area contributed by atoms with Gasteiger partial charge in [0.1, 0.15) is 0 Å². The molecule has 2 aromatic rings. The van der Waals surface area contributed by atoms with Crippen molar-refractivity contribution in [3.63, 3.8) is 0 Å². The first-order valence-electron chi connectivity index (χ1n) is 6.00. The van der Waals surface area contributed by atoms with Gasteiger partial charge in [-0.15, -0.1) is 0 Å². The van der Waals surface area contributed by atoms with Crippen LogP contribution < -0.4 is 0 Å². The van der Waals surface area contributed by atoms with Crippen molar-refractivity contribution in [3.8, 4) is 11.3 Å². The number of carbonyl (C=O) groups is 1. The number of nitrogens with zero attached hydrogens (tertiary/aromatic N) is 2. The molecule has 1 aromatic carbocycles. The highest BCUT2D eigenvalue weighted by Crippen LogP contribution is 2.34. The van der Waals surface area contributed by atoms with Crippen molar-refractivity contribution in [2.45, 2.75) is 26.8 Å². The number of carboxylic acid groups (broad SMARTS) is 1. The summed E-state index contributed by atoms with van der Waals surface area (Å²) in [5, 5.41) is 13.4. The van der Waals surface area contributed by atoms with Crippen LogP contribution in [0.25, 0.3) is 11.3 Å². The van der Waals surface area contributed by atoms with Gasteiger partial charge >= 0.3 is 5.97 Å². The van der Waals surface area contributed by atoms with Gasteiger partial charge in [0, 0.05) is 11.6 Å². The largest absolute Gasteiger partial charge is 0.476 e. The highest BCUT2D eigenvalue weighted by Gasteiger charge is 2.23. The minimum Gasteiger partial charge on any atom is -0.476 e. The summed E-state index contributed by atoms with van der Waals surface area (Å²) < 4.78 is 2.28. The third kappa shape index (κ3) is 2.42. The predicted octanol–water partition coefficient (Wildman–Crippen LogP) is 3.90. The van der Waals surface area contributed by atoms with Crippen LogP contribution in [0.3, 0.4) is 0 Å². The van der Waals surface area contributed by atoms with E-state index in [1.54, 1.807) is 4.68 Å². The monoisotopic (exact) mass is 322 g/mol. The van der Waals surface area contributed by atoms with Crippen LogP contribution >= 0.6 is 15.9 Å². The number of aromatic nitrogens is 2. The normalized spacial score (nSPS) is 11.0. The molecular weight excluding hydrogens is 308 g/mol. The molecule has 100 valence electrons. The van der Waals surface area contributed by atoms with Gasteiger partial charge in [-0.05, 0) is 42.3 Å². The average molecular weight is 323 g/mol. The minimum atomic E-state index is -1.03. The Morgan fingerprint density at radius 2 is 2.00 bits per heavy atom. The second-order valence-electron chi connectivity index (χ2n) is 4.67. The highest BCUT2D eigenvalue weighted by atomic mass is 79.9. The van der Waals surface area contributed by atoms with Crippen LogP contribution in [0.1, 0.15) is 35.9 Å². The van der Waals surface area contributed by atoms with Gasteiger partial charge in [0.15, 0.2) is 5.69 Å². The van der Waals surface area contributed by atoms with Gasteiger partial charge in [-0.3, -0.25) is 4.68 Å². The molecule has 0 radical (unpaired) electrons. The quantitative estimate of drug-likeness (QED) is 0.932. The van der Waals surface area contributed by atoms with Crippen molar-refractivity contribution >= 4 is 21.9 Å². The molecule has 1 aromatic heterocycles. The standard InChI is InChI=1S/C14H15BrN2O2/c1-8(2)17-13(10-7-5-4-6-9(10)3)11(15)12(16-17)14(18)19/h4-8H,1-3H3,(H,18,19). The number of rotatable bonds is 3. The topological polar surface area (TPSA) is 55.1 Å². The van der Waals surface area contributed by atoms with Crippen LogP contribution in [0.2, 0.25) is 0 Å². The molecule has 0 aliphatic carbocycles. The van der Waals surface area contributed by atoms with Gasteiger partial charge in [0.25, 0.3) is 0 Å². The molecule has 0 fully saturated rings. The van der Waals surface area contributed by atoms with E-state index >= 15 is 0 Å². The van der Waals surface area contributed by atoms with E-state index in [-0.39, 0.29) is 11.7 Å². The molecule has 1 heterocycles. The fourth-order valence-corrected chi connectivity index (χ4v) is 2.65. The van der Waals surface area contributed by atoms with E-state index in [0.29, 0.717) is 4.47 Å². The molecule has 0 aliphatic rings. The summed E-state index contributed by atoms with van der Waals surface area (Å²) >= 11 is 3.38. The van der Waals surface area contributed by atoms with Crippen molar-refractivity contribution in [3.05, 3.63) is 40.0 Å². The molecule has 2 rings (SSSR count). The lowest BCUT2D eigenvalue weighted by Crippen LogP contribution is -2.07. The summed E-state index contributed by atoms with van der Waals surface area (Å²) in [6, 6.07) is 7.95. The van der Waals surface area contributed by atoms with E-state index in [4.69, 9.17) is 0 Å². The molecule has 0 saturated heterocycles. The molecule has 0 amide bonds. The molecule has 0 spiro atoms. The summed E-state index contributed by atoms with van der Waals surface area (Å²) in [5.74, 6) is -1.03. The summed E-state index contributed by atoms with van der Waals surface area (Å²) in [7, 11) is 0. The van der Waals surface area contributed by atoms with Gasteiger partial charge < -0.3 is 5.11 Å². The van der Waals surface area contributed by atoms with Gasteiger partial charge in [-0.2, -0.15) is 5.10 Å². The van der Waals surface area contributed by atoms with E-state index in [1.165, 1.54) is 0 Å². The Bertz CT molecular complexity index is 632. The average Bonchev–Trinajstić information content (AvgIpc) is 2.68. The number of benzene rings is 1. The van der Waals surface area contributed by atoms with Crippen LogP contribution in [0.5, 0.6) is 0 Å². The number of aryl methyl sites for hydroxylation is 1. The zero-order chi connectivity index (χ0) is 14.2. The Kier molecular flexibility index (Phi) is 3.75. The van der Waals surface area contributed by atoms with Crippen molar-refractivity contribution in [2.75, 3.05) is 0 Å². The molecule has 0 aliphatic heterocycles. The number of hydrogen-bond acceptors (Lipinski definition) is 2. The maximum absolute atomic E-state index is 11.2. The molecule has 5 heteroatoms. The first kappa shape index (κ1) is 13.8. The van der Waals surface area contributed by atoms with Crippen LogP contribution in [0.4, 0.5) is 0 Å². The zero-order valence-electron chi connectivity index (χ0n) is 11.0. The number of aromatic carboxylic acids is 1. The number of halogens is 1. The maximum atomic E-state index is 11.2. The van der Waals surface area contributed by atoms with E-state index in [1.807, 2.05) is 45.0 Å². The Balaban J connectivity index is 2.75. The van der Waals surface area contributed by atoms with Gasteiger partial charge in [0.05, 0.1) is 10.2 Å². The van der Waals surface area contributed by atoms with Gasteiger partial charge in [-0.25, -0.2) is 4.79 Å². The second kappa shape index (κ2) is 5.17. The summed E-state index contributed by atoms with van der Waals surface area (Å²) in [6.07, 6.45) is 0. The number of carboxylic acids is 1. The lowest BCUT2D eigenvalue weighted by molar-refractivity contribution is 0.0688. The lowest BCUT2D eigenvalue weighted by Gasteiger charge is -2.13. The highest BCUT2D eigenvalue weighted by molar-refractivity contribution is 9.10. The van der Waals surface area contributed by atoms with Crippen molar-refractivity contribution in [2.24, 2.45) is 0 Å². The molecule has 0 bridgehead atoms. The second-order valence-corrected chi connectivity index (χ2v) is 5.46. The molecule has 19 heavy (non-hydrogen) atoms. The van der Waals surface area contributed by atoms with Crippen molar-refractivity contribution in [1.82, 2.24) is 9.78 Å². The Hall–Kier alpha value is -1.62. The summed E-state index contributed by atoms with van der Waals surface area (Å²) in [6.45, 7) is 5.96. The van der Waals surface area contributed by atoms with Crippen molar-refractivity contribution < 1.29 is 9.90 Å². The van der Waals surface area contributed by atoms with Gasteiger partial charge in [0.2, 0.25) is 0 Å². The third-order valence-electron chi connectivity index (χ3n) is 2.94. The third-order valence-corrected chi connectivity index (χ3v) is 3.70. The Labute approximate surface area is 120 Å². The molecule has 4 nitrogen and oxygen atoms in total. The maximum Gasteiger partial charge on any atom is 0.357 e. The molecule has 0 atom stereocenters. The minimum absolute atomic E-state index is 0.0481. The first-order valence-corrected chi connectivity index (χ1v) is 6.80. The van der Waals surface area contributed by atoms with Crippen LogP contribution in [-0.2, 0) is 0 Å². The van der Waals surface area contributed by atoms with Crippen LogP contribution in [-0.4, -0.2) is 20.9 Å². The molecular formula is C14H15BrN2O2. The SMILES string of the molecule is Cc1ccccc1-c1c(Br)c(C(=O)O)nn1C(C)C. The zero-order valence-corrected chi connectivity index (χ0v) is 12.6. The van der Waals surface area contributed by atoms with Crippen LogP contribution in [0, 0.1) is 6.92 Å². The van der Waals surface area contributed by atoms with E-state index < -0.39 is 5.97 Å². The number of hydrogen-bond donors (Lipinski definition) is 1. The lowest BCUT2D eigenvalue weighted by atomic mass is 10.1.